The van der Waals surface area contributed by atoms with E-state index in [9.17, 15) is 9.90 Å². The molecular weight excluding hydrogens is 420 g/mol. The van der Waals surface area contributed by atoms with Crippen LogP contribution in [0.2, 0.25) is 0 Å². The first-order chi connectivity index (χ1) is 16.0. The van der Waals surface area contributed by atoms with E-state index in [-0.39, 0.29) is 43.0 Å². The van der Waals surface area contributed by atoms with Crippen molar-refractivity contribution >= 4 is 5.91 Å². The van der Waals surface area contributed by atoms with E-state index in [0.29, 0.717) is 17.9 Å². The summed E-state index contributed by atoms with van der Waals surface area (Å²) < 4.78 is 0. The third kappa shape index (κ3) is 6.64. The molecule has 1 amide bonds. The topological polar surface area (TPSA) is 125 Å². The quantitative estimate of drug-likeness (QED) is 0.223. The van der Waals surface area contributed by atoms with Crippen molar-refractivity contribution in [3.05, 3.63) is 0 Å². The van der Waals surface area contributed by atoms with Crippen LogP contribution in [0.3, 0.4) is 0 Å². The molecule has 7 unspecified atom stereocenters. The van der Waals surface area contributed by atoms with Crippen molar-refractivity contribution in [1.29, 1.82) is 0 Å². The number of nitrogens with one attached hydrogen (secondary N) is 7. The Balaban J connectivity index is 1.21. The second kappa shape index (κ2) is 12.2. The van der Waals surface area contributed by atoms with Crippen molar-refractivity contribution in [3.8, 4) is 0 Å². The average Bonchev–Trinajstić information content (AvgIpc) is 3.22. The van der Waals surface area contributed by atoms with Crippen molar-refractivity contribution in [2.45, 2.75) is 82.5 Å². The molecular formula is C23H46N8O2. The molecule has 0 radical (unpaired) electrons. The lowest BCUT2D eigenvalue weighted by atomic mass is 9.78. The monoisotopic (exact) mass is 466 g/mol. The molecule has 1 saturated carbocycles. The lowest BCUT2D eigenvalue weighted by molar-refractivity contribution is -0.127. The molecule has 8 atom stereocenters. The maximum atomic E-state index is 13.0. The summed E-state index contributed by atoms with van der Waals surface area (Å²) in [6, 6.07) is 0.311. The summed E-state index contributed by atoms with van der Waals surface area (Å²) in [4.78, 5) is 15.4. The zero-order valence-electron chi connectivity index (χ0n) is 20.4. The van der Waals surface area contributed by atoms with Crippen LogP contribution in [0.15, 0.2) is 0 Å². The average molecular weight is 467 g/mol. The Morgan fingerprint density at radius 1 is 1.12 bits per heavy atom. The number of aliphatic hydroxyl groups is 1. The fourth-order valence-electron chi connectivity index (χ4n) is 6.10. The Kier molecular flexibility index (Phi) is 9.34. The summed E-state index contributed by atoms with van der Waals surface area (Å²) >= 11 is 0. The van der Waals surface area contributed by atoms with E-state index in [0.717, 1.165) is 58.4 Å². The summed E-state index contributed by atoms with van der Waals surface area (Å²) in [5.74, 6) is 1.18. The molecule has 0 aromatic heterocycles. The summed E-state index contributed by atoms with van der Waals surface area (Å²) in [6.45, 7) is 5.83. The Morgan fingerprint density at radius 2 is 2.00 bits per heavy atom. The Labute approximate surface area is 198 Å². The van der Waals surface area contributed by atoms with Crippen LogP contribution in [0.5, 0.6) is 0 Å². The molecule has 4 rings (SSSR count). The van der Waals surface area contributed by atoms with Gasteiger partial charge >= 0.3 is 0 Å². The summed E-state index contributed by atoms with van der Waals surface area (Å²) in [5.41, 5.74) is 6.86. The summed E-state index contributed by atoms with van der Waals surface area (Å²) in [6.07, 6.45) is 7.95. The van der Waals surface area contributed by atoms with Gasteiger partial charge in [-0.25, -0.2) is 10.9 Å². The number of hydrazine groups is 1. The van der Waals surface area contributed by atoms with Crippen molar-refractivity contribution in [2.24, 2.45) is 17.8 Å². The van der Waals surface area contributed by atoms with Crippen LogP contribution in [-0.4, -0.2) is 86.5 Å². The van der Waals surface area contributed by atoms with E-state index < -0.39 is 0 Å². The second-order valence-electron chi connectivity index (χ2n) is 10.7. The van der Waals surface area contributed by atoms with Crippen LogP contribution >= 0.6 is 0 Å². The number of carbonyl (C=O) groups is 1. The van der Waals surface area contributed by atoms with Gasteiger partial charge in [0.15, 0.2) is 0 Å². The Hall–Kier alpha value is -0.850. The molecule has 3 saturated heterocycles. The van der Waals surface area contributed by atoms with Crippen molar-refractivity contribution < 1.29 is 9.90 Å². The third-order valence-electron chi connectivity index (χ3n) is 8.23. The third-order valence-corrected chi connectivity index (χ3v) is 8.23. The first-order valence-corrected chi connectivity index (χ1v) is 13.1. The summed E-state index contributed by atoms with van der Waals surface area (Å²) in [5, 5.41) is 27.2. The van der Waals surface area contributed by atoms with E-state index in [1.807, 2.05) is 0 Å². The van der Waals surface area contributed by atoms with Crippen molar-refractivity contribution in [2.75, 3.05) is 40.0 Å². The van der Waals surface area contributed by atoms with Gasteiger partial charge < -0.3 is 21.1 Å². The number of hydrogen-bond donors (Lipinski definition) is 8. The number of piperidine rings is 1. The number of hydrogen-bond acceptors (Lipinski definition) is 9. The van der Waals surface area contributed by atoms with Gasteiger partial charge in [-0.05, 0) is 64.1 Å². The minimum atomic E-state index is -0.107. The molecule has 4 fully saturated rings. The molecule has 3 aliphatic heterocycles. The lowest BCUT2D eigenvalue weighted by Crippen LogP contribution is -2.58. The molecule has 4 aliphatic rings. The van der Waals surface area contributed by atoms with Crippen LogP contribution in [0.25, 0.3) is 0 Å². The number of amides is 1. The maximum absolute atomic E-state index is 13.0. The summed E-state index contributed by atoms with van der Waals surface area (Å²) in [7, 11) is 2.15. The number of nitrogens with zero attached hydrogens (tertiary/aromatic N) is 1. The van der Waals surface area contributed by atoms with Crippen molar-refractivity contribution in [3.63, 3.8) is 0 Å². The van der Waals surface area contributed by atoms with E-state index in [1.54, 1.807) is 0 Å². The van der Waals surface area contributed by atoms with Crippen LogP contribution in [0.1, 0.15) is 51.9 Å². The van der Waals surface area contributed by atoms with E-state index in [4.69, 9.17) is 0 Å². The highest BCUT2D eigenvalue weighted by molar-refractivity contribution is 5.79. The molecule has 0 aromatic rings. The second-order valence-corrected chi connectivity index (χ2v) is 10.7. The standard InChI is InChI=1S/C23H46N8O2/c1-15-4-3-5-16(10-15)19(13-32)28-23(33)17-6-9-25-20(11-17)26-12-21-29-30-22(31(21)2)18-7-8-24-14-27-18/h15-22,24-27,29-30,32H,3-14H2,1-2H3,(H,28,33)/t15?,16?,17?,18?,19-,20?,21?,22?/m0/s1. The maximum Gasteiger partial charge on any atom is 0.223 e. The predicted octanol–water partition coefficient (Wildman–Crippen LogP) is -1.19. The molecule has 0 aromatic carbocycles. The highest BCUT2D eigenvalue weighted by Crippen LogP contribution is 2.31. The molecule has 3 heterocycles. The fraction of sp³-hybridized carbons (Fsp3) is 0.957. The van der Waals surface area contributed by atoms with Crippen LogP contribution < -0.4 is 37.4 Å². The molecule has 0 bridgehead atoms. The first kappa shape index (κ1) is 25.2. The Bertz CT molecular complexity index is 619. The van der Waals surface area contributed by atoms with Gasteiger partial charge in [0.25, 0.3) is 0 Å². The van der Waals surface area contributed by atoms with Gasteiger partial charge in [0.1, 0.15) is 0 Å². The molecule has 10 nitrogen and oxygen atoms in total. The smallest absolute Gasteiger partial charge is 0.223 e. The Morgan fingerprint density at radius 3 is 2.76 bits per heavy atom. The molecule has 10 heteroatoms. The van der Waals surface area contributed by atoms with E-state index in [2.05, 4.69) is 56.3 Å². The lowest BCUT2D eigenvalue weighted by Gasteiger charge is -2.36. The van der Waals surface area contributed by atoms with E-state index in [1.165, 1.54) is 12.8 Å². The number of rotatable bonds is 8. The van der Waals surface area contributed by atoms with E-state index >= 15 is 0 Å². The molecule has 1 aliphatic carbocycles. The van der Waals surface area contributed by atoms with Gasteiger partial charge in [-0.2, -0.15) is 0 Å². The highest BCUT2D eigenvalue weighted by atomic mass is 16.3. The largest absolute Gasteiger partial charge is 0.394 e. The molecule has 8 N–H and O–H groups in total. The van der Waals surface area contributed by atoms with Gasteiger partial charge in [0.05, 0.1) is 31.1 Å². The molecule has 33 heavy (non-hydrogen) atoms. The minimum absolute atomic E-state index is 0.0158. The van der Waals surface area contributed by atoms with Gasteiger partial charge in [-0.3, -0.25) is 20.3 Å². The van der Waals surface area contributed by atoms with Crippen molar-refractivity contribution in [1.82, 2.24) is 42.3 Å². The van der Waals surface area contributed by atoms with Gasteiger partial charge in [0.2, 0.25) is 5.91 Å². The number of carbonyl (C=O) groups excluding carboxylic acids is 1. The normalized spacial score (nSPS) is 39.3. The van der Waals surface area contributed by atoms with Gasteiger partial charge in [-0.15, -0.1) is 0 Å². The van der Waals surface area contributed by atoms with Crippen LogP contribution in [-0.2, 0) is 4.79 Å². The minimum Gasteiger partial charge on any atom is -0.394 e. The van der Waals surface area contributed by atoms with Crippen LogP contribution in [0.4, 0.5) is 0 Å². The SMILES string of the molecule is CC1CCCC([C@H](CO)NC(=O)C2CCNC(NCC3NNC(C4CCNCN4)N3C)C2)C1. The zero-order chi connectivity index (χ0) is 23.2. The predicted molar refractivity (Wildman–Crippen MR) is 129 cm³/mol. The molecule has 0 spiro atoms. The fourth-order valence-corrected chi connectivity index (χ4v) is 6.10. The van der Waals surface area contributed by atoms with Crippen LogP contribution in [0, 0.1) is 17.8 Å². The van der Waals surface area contributed by atoms with Gasteiger partial charge in [0, 0.05) is 25.2 Å². The molecule has 190 valence electrons. The zero-order valence-corrected chi connectivity index (χ0v) is 20.4. The first-order valence-electron chi connectivity index (χ1n) is 13.1. The highest BCUT2D eigenvalue weighted by Gasteiger charge is 2.36. The number of likely N-dealkylation sites (N-methyl/N-ethyl adjacent to an activating group) is 1. The van der Waals surface area contributed by atoms with Gasteiger partial charge in [-0.1, -0.05) is 19.8 Å². The number of aliphatic hydroxyl groups excluding tert-OH is 1.